The van der Waals surface area contributed by atoms with E-state index >= 15 is 0 Å². The number of para-hydroxylation sites is 2. The van der Waals surface area contributed by atoms with E-state index in [1.54, 1.807) is 13.3 Å². The molecule has 0 radical (unpaired) electrons. The lowest BCUT2D eigenvalue weighted by atomic mass is 10.3. The predicted molar refractivity (Wildman–Crippen MR) is 76.5 cm³/mol. The summed E-state index contributed by atoms with van der Waals surface area (Å²) in [6.45, 7) is 3.94. The van der Waals surface area contributed by atoms with Gasteiger partial charge in [-0.15, -0.1) is 0 Å². The highest BCUT2D eigenvalue weighted by molar-refractivity contribution is 5.39. The van der Waals surface area contributed by atoms with Gasteiger partial charge in [-0.3, -0.25) is 4.68 Å². The van der Waals surface area contributed by atoms with E-state index in [1.807, 2.05) is 35.1 Å². The topological polar surface area (TPSA) is 45.5 Å². The Bertz CT molecular complexity index is 525. The molecule has 0 unspecified atom stereocenters. The van der Waals surface area contributed by atoms with Gasteiger partial charge in [-0.1, -0.05) is 19.1 Å². The van der Waals surface area contributed by atoms with E-state index in [4.69, 9.17) is 14.2 Å². The molecule has 0 aliphatic rings. The minimum Gasteiger partial charge on any atom is -0.493 e. The summed E-state index contributed by atoms with van der Waals surface area (Å²) in [5.41, 5.74) is 0. The van der Waals surface area contributed by atoms with Crippen LogP contribution in [0, 0.1) is 0 Å². The van der Waals surface area contributed by atoms with Crippen LogP contribution in [0.25, 0.3) is 0 Å². The first kappa shape index (κ1) is 14.2. The molecule has 2 aromatic rings. The van der Waals surface area contributed by atoms with Gasteiger partial charge in [0.05, 0.1) is 19.5 Å². The fourth-order valence-electron chi connectivity index (χ4n) is 1.82. The zero-order chi connectivity index (χ0) is 14.2. The van der Waals surface area contributed by atoms with E-state index in [-0.39, 0.29) is 0 Å². The van der Waals surface area contributed by atoms with Crippen molar-refractivity contribution >= 4 is 0 Å². The summed E-state index contributed by atoms with van der Waals surface area (Å²) in [6, 6.07) is 7.56. The summed E-state index contributed by atoms with van der Waals surface area (Å²) in [7, 11) is 1.63. The predicted octanol–water partition coefficient (Wildman–Crippen LogP) is 2.76. The van der Waals surface area contributed by atoms with Crippen molar-refractivity contribution in [1.29, 1.82) is 0 Å². The quantitative estimate of drug-likeness (QED) is 0.695. The van der Waals surface area contributed by atoms with Crippen LogP contribution < -0.4 is 14.2 Å². The fraction of sp³-hybridized carbons (Fsp3) is 0.400. The Morgan fingerprint density at radius 2 is 1.85 bits per heavy atom. The third-order valence-corrected chi connectivity index (χ3v) is 2.74. The van der Waals surface area contributed by atoms with Gasteiger partial charge in [-0.25, -0.2) is 0 Å². The number of aromatic nitrogens is 2. The van der Waals surface area contributed by atoms with Gasteiger partial charge in [0, 0.05) is 6.54 Å². The molecule has 20 heavy (non-hydrogen) atoms. The van der Waals surface area contributed by atoms with Crippen molar-refractivity contribution in [3.63, 3.8) is 0 Å². The first-order valence-electron chi connectivity index (χ1n) is 6.74. The molecule has 0 spiro atoms. The lowest BCUT2D eigenvalue weighted by molar-refractivity contribution is 0.211. The van der Waals surface area contributed by atoms with Crippen LogP contribution >= 0.6 is 0 Å². The Balaban J connectivity index is 1.75. The van der Waals surface area contributed by atoms with Gasteiger partial charge in [0.25, 0.3) is 0 Å². The molecule has 0 aliphatic carbocycles. The maximum Gasteiger partial charge on any atom is 0.161 e. The monoisotopic (exact) mass is 276 g/mol. The van der Waals surface area contributed by atoms with Gasteiger partial charge in [0.1, 0.15) is 13.2 Å². The summed E-state index contributed by atoms with van der Waals surface area (Å²) < 4.78 is 18.3. The number of nitrogens with zero attached hydrogens (tertiary/aromatic N) is 2. The molecule has 5 heteroatoms. The molecule has 5 nitrogen and oxygen atoms in total. The van der Waals surface area contributed by atoms with Gasteiger partial charge in [0.15, 0.2) is 17.2 Å². The van der Waals surface area contributed by atoms with E-state index in [0.29, 0.717) is 13.2 Å². The molecule has 0 atom stereocenters. The number of benzene rings is 1. The third kappa shape index (κ3) is 3.91. The molecule has 0 amide bonds. The summed E-state index contributed by atoms with van der Waals surface area (Å²) in [6.07, 6.45) is 4.67. The minimum absolute atomic E-state index is 0.458. The Hall–Kier alpha value is -2.17. The van der Waals surface area contributed by atoms with E-state index in [2.05, 4.69) is 12.0 Å². The van der Waals surface area contributed by atoms with Crippen molar-refractivity contribution in [2.75, 3.05) is 20.3 Å². The number of hydrogen-bond acceptors (Lipinski definition) is 4. The zero-order valence-corrected chi connectivity index (χ0v) is 11.9. The summed E-state index contributed by atoms with van der Waals surface area (Å²) >= 11 is 0. The van der Waals surface area contributed by atoms with E-state index in [1.165, 1.54) is 0 Å². The Labute approximate surface area is 119 Å². The van der Waals surface area contributed by atoms with Gasteiger partial charge in [-0.05, 0) is 18.6 Å². The van der Waals surface area contributed by atoms with Crippen LogP contribution in [0.2, 0.25) is 0 Å². The Morgan fingerprint density at radius 3 is 2.60 bits per heavy atom. The van der Waals surface area contributed by atoms with Gasteiger partial charge in [-0.2, -0.15) is 5.10 Å². The van der Waals surface area contributed by atoms with Crippen molar-refractivity contribution in [1.82, 2.24) is 9.78 Å². The molecule has 0 fully saturated rings. The number of hydrogen-bond donors (Lipinski definition) is 0. The highest BCUT2D eigenvalue weighted by Crippen LogP contribution is 2.25. The molecule has 0 bridgehead atoms. The fourth-order valence-corrected chi connectivity index (χ4v) is 1.82. The molecule has 0 saturated carbocycles. The van der Waals surface area contributed by atoms with Crippen LogP contribution in [0.15, 0.2) is 36.7 Å². The van der Waals surface area contributed by atoms with Crippen LogP contribution in [0.5, 0.6) is 17.2 Å². The average Bonchev–Trinajstić information content (AvgIpc) is 2.92. The molecule has 2 rings (SSSR count). The van der Waals surface area contributed by atoms with E-state index < -0.39 is 0 Å². The molecule has 0 N–H and O–H groups in total. The molecule has 1 heterocycles. The maximum atomic E-state index is 5.63. The molecular weight excluding hydrogens is 256 g/mol. The largest absolute Gasteiger partial charge is 0.493 e. The summed E-state index contributed by atoms with van der Waals surface area (Å²) in [5.74, 6) is 2.21. The van der Waals surface area contributed by atoms with Crippen LogP contribution in [0.1, 0.15) is 13.3 Å². The first-order chi connectivity index (χ1) is 9.83. The third-order valence-electron chi connectivity index (χ3n) is 2.74. The molecule has 1 aromatic carbocycles. The van der Waals surface area contributed by atoms with Gasteiger partial charge < -0.3 is 14.2 Å². The highest BCUT2D eigenvalue weighted by Gasteiger charge is 2.03. The SMILES string of the molecule is CCCn1cc(OCCOc2ccccc2OC)cn1. The van der Waals surface area contributed by atoms with Crippen LogP contribution in [-0.2, 0) is 6.54 Å². The molecular formula is C15H20N2O3. The lowest BCUT2D eigenvalue weighted by Crippen LogP contribution is -2.09. The maximum absolute atomic E-state index is 5.63. The molecule has 0 saturated heterocycles. The second-order valence-electron chi connectivity index (χ2n) is 4.29. The number of rotatable bonds is 8. The second kappa shape index (κ2) is 7.43. The van der Waals surface area contributed by atoms with Crippen LogP contribution in [0.4, 0.5) is 0 Å². The summed E-state index contributed by atoms with van der Waals surface area (Å²) in [5, 5.41) is 4.20. The smallest absolute Gasteiger partial charge is 0.161 e. The van der Waals surface area contributed by atoms with Crippen molar-refractivity contribution < 1.29 is 14.2 Å². The van der Waals surface area contributed by atoms with Crippen molar-refractivity contribution in [2.24, 2.45) is 0 Å². The lowest BCUT2D eigenvalue weighted by Gasteiger charge is -2.10. The first-order valence-corrected chi connectivity index (χ1v) is 6.74. The standard InChI is InChI=1S/C15H20N2O3/c1-3-8-17-12-13(11-16-17)19-9-10-20-15-7-5-4-6-14(15)18-2/h4-7,11-12H,3,8-10H2,1-2H3. The van der Waals surface area contributed by atoms with Gasteiger partial charge in [0.2, 0.25) is 0 Å². The van der Waals surface area contributed by atoms with E-state index in [9.17, 15) is 0 Å². The number of methoxy groups -OCH3 is 1. The molecule has 108 valence electrons. The normalized spacial score (nSPS) is 10.3. The number of ether oxygens (including phenoxy) is 3. The Morgan fingerprint density at radius 1 is 1.10 bits per heavy atom. The molecule has 1 aromatic heterocycles. The van der Waals surface area contributed by atoms with Crippen molar-refractivity contribution in [2.45, 2.75) is 19.9 Å². The Kier molecular flexibility index (Phi) is 5.29. The summed E-state index contributed by atoms with van der Waals surface area (Å²) in [4.78, 5) is 0. The van der Waals surface area contributed by atoms with Crippen LogP contribution in [-0.4, -0.2) is 30.1 Å². The van der Waals surface area contributed by atoms with E-state index in [0.717, 1.165) is 30.2 Å². The zero-order valence-electron chi connectivity index (χ0n) is 11.9. The highest BCUT2D eigenvalue weighted by atomic mass is 16.5. The van der Waals surface area contributed by atoms with Crippen LogP contribution in [0.3, 0.4) is 0 Å². The second-order valence-corrected chi connectivity index (χ2v) is 4.29. The van der Waals surface area contributed by atoms with Crippen molar-refractivity contribution in [3.8, 4) is 17.2 Å². The molecule has 0 aliphatic heterocycles. The average molecular weight is 276 g/mol. The number of aryl methyl sites for hydroxylation is 1. The van der Waals surface area contributed by atoms with Gasteiger partial charge >= 0.3 is 0 Å². The van der Waals surface area contributed by atoms with Crippen molar-refractivity contribution in [3.05, 3.63) is 36.7 Å². The minimum atomic E-state index is 0.458.